The Labute approximate surface area is 127 Å². The quantitative estimate of drug-likeness (QED) is 0.653. The van der Waals surface area contributed by atoms with Gasteiger partial charge in [0.2, 0.25) is 0 Å². The fourth-order valence-electron chi connectivity index (χ4n) is 2.01. The zero-order chi connectivity index (χ0) is 15.9. The number of ketones is 1. The van der Waals surface area contributed by atoms with Crippen molar-refractivity contribution >= 4 is 17.8 Å². The summed E-state index contributed by atoms with van der Waals surface area (Å²) >= 11 is 0. The summed E-state index contributed by atoms with van der Waals surface area (Å²) < 4.78 is 13.1. The molecule has 0 bridgehead atoms. The van der Waals surface area contributed by atoms with Crippen LogP contribution < -0.4 is 0 Å². The Balaban J connectivity index is 2.08. The molecule has 0 unspecified atom stereocenters. The van der Waals surface area contributed by atoms with E-state index in [1.165, 1.54) is 24.3 Å². The Morgan fingerprint density at radius 3 is 2.59 bits per heavy atom. The topological polar surface area (TPSA) is 54.4 Å². The summed E-state index contributed by atoms with van der Waals surface area (Å²) in [5.74, 6) is -1.58. The van der Waals surface area contributed by atoms with Gasteiger partial charge >= 0.3 is 5.97 Å². The summed E-state index contributed by atoms with van der Waals surface area (Å²) in [5.41, 5.74) is 1.98. The van der Waals surface area contributed by atoms with Crippen LogP contribution in [0.5, 0.6) is 0 Å². The summed E-state index contributed by atoms with van der Waals surface area (Å²) in [4.78, 5) is 22.5. The molecular weight excluding hydrogens is 283 g/mol. The fourth-order valence-corrected chi connectivity index (χ4v) is 2.01. The van der Waals surface area contributed by atoms with Crippen molar-refractivity contribution < 1.29 is 19.1 Å². The molecule has 0 amide bonds. The SMILES string of the molecule is O=C(O)CCc1cccc(C=CC(=O)c2cccc(F)c2)c1. The number of rotatable bonds is 6. The van der Waals surface area contributed by atoms with Crippen LogP contribution in [-0.4, -0.2) is 16.9 Å². The summed E-state index contributed by atoms with van der Waals surface area (Å²) in [6.45, 7) is 0. The predicted molar refractivity (Wildman–Crippen MR) is 82.2 cm³/mol. The van der Waals surface area contributed by atoms with E-state index >= 15 is 0 Å². The average Bonchev–Trinajstić information content (AvgIpc) is 2.51. The van der Waals surface area contributed by atoms with Gasteiger partial charge in [0.25, 0.3) is 0 Å². The second kappa shape index (κ2) is 7.31. The largest absolute Gasteiger partial charge is 0.481 e. The third-order valence-corrected chi connectivity index (χ3v) is 3.11. The highest BCUT2D eigenvalue weighted by atomic mass is 19.1. The Bertz CT molecular complexity index is 720. The molecule has 1 N–H and O–H groups in total. The van der Waals surface area contributed by atoms with Crippen molar-refractivity contribution in [3.8, 4) is 0 Å². The summed E-state index contributed by atoms with van der Waals surface area (Å²) in [5, 5.41) is 8.68. The van der Waals surface area contributed by atoms with Gasteiger partial charge in [-0.05, 0) is 35.8 Å². The highest BCUT2D eigenvalue weighted by Gasteiger charge is 2.03. The predicted octanol–water partition coefficient (Wildman–Crippen LogP) is 3.74. The second-order valence-corrected chi connectivity index (χ2v) is 4.85. The van der Waals surface area contributed by atoms with Crippen LogP contribution in [0.15, 0.2) is 54.6 Å². The van der Waals surface area contributed by atoms with Crippen LogP contribution in [0.1, 0.15) is 27.9 Å². The lowest BCUT2D eigenvalue weighted by molar-refractivity contribution is -0.136. The van der Waals surface area contributed by atoms with Crippen molar-refractivity contribution in [1.82, 2.24) is 0 Å². The molecule has 0 radical (unpaired) electrons. The van der Waals surface area contributed by atoms with E-state index in [2.05, 4.69) is 0 Å². The van der Waals surface area contributed by atoms with E-state index in [1.807, 2.05) is 24.3 Å². The molecule has 3 nitrogen and oxygen atoms in total. The fraction of sp³-hybridized carbons (Fsp3) is 0.111. The second-order valence-electron chi connectivity index (χ2n) is 4.85. The summed E-state index contributed by atoms with van der Waals surface area (Å²) in [6.07, 6.45) is 3.52. The lowest BCUT2D eigenvalue weighted by Gasteiger charge is -2.01. The smallest absolute Gasteiger partial charge is 0.303 e. The van der Waals surface area contributed by atoms with Crippen LogP contribution in [0.2, 0.25) is 0 Å². The van der Waals surface area contributed by atoms with Gasteiger partial charge in [-0.3, -0.25) is 9.59 Å². The molecular formula is C18H15FO3. The normalized spacial score (nSPS) is 10.8. The molecule has 0 aliphatic rings. The van der Waals surface area contributed by atoms with Crippen LogP contribution in [0.4, 0.5) is 4.39 Å². The third-order valence-electron chi connectivity index (χ3n) is 3.11. The number of carbonyl (C=O) groups is 2. The van der Waals surface area contributed by atoms with E-state index in [0.29, 0.717) is 12.0 Å². The van der Waals surface area contributed by atoms with Crippen molar-refractivity contribution in [2.45, 2.75) is 12.8 Å². The Hall–Kier alpha value is -2.75. The molecule has 2 aromatic rings. The first-order valence-electron chi connectivity index (χ1n) is 6.83. The molecule has 0 aliphatic heterocycles. The Morgan fingerprint density at radius 2 is 1.86 bits per heavy atom. The van der Waals surface area contributed by atoms with Gasteiger partial charge in [-0.2, -0.15) is 0 Å². The van der Waals surface area contributed by atoms with Crippen LogP contribution in [0.25, 0.3) is 6.08 Å². The van der Waals surface area contributed by atoms with Gasteiger partial charge in [0, 0.05) is 12.0 Å². The van der Waals surface area contributed by atoms with Crippen molar-refractivity contribution in [1.29, 1.82) is 0 Å². The molecule has 0 saturated carbocycles. The van der Waals surface area contributed by atoms with Gasteiger partial charge in [-0.25, -0.2) is 4.39 Å². The molecule has 0 spiro atoms. The van der Waals surface area contributed by atoms with Crippen molar-refractivity contribution in [2.24, 2.45) is 0 Å². The standard InChI is InChI=1S/C18H15FO3/c19-16-6-2-5-15(12-16)17(20)9-7-13-3-1-4-14(11-13)8-10-18(21)22/h1-7,9,11-12H,8,10H2,(H,21,22). The van der Waals surface area contributed by atoms with Gasteiger partial charge in [0.15, 0.2) is 5.78 Å². The number of carbonyl (C=O) groups excluding carboxylic acids is 1. The van der Waals surface area contributed by atoms with Crippen LogP contribution in [0.3, 0.4) is 0 Å². The van der Waals surface area contributed by atoms with Crippen molar-refractivity contribution in [2.75, 3.05) is 0 Å². The minimum absolute atomic E-state index is 0.0649. The van der Waals surface area contributed by atoms with Crippen molar-refractivity contribution in [3.63, 3.8) is 0 Å². The first kappa shape index (κ1) is 15.6. The van der Waals surface area contributed by atoms with E-state index in [-0.39, 0.29) is 12.2 Å². The van der Waals surface area contributed by atoms with Crippen LogP contribution in [0, 0.1) is 5.82 Å². The summed E-state index contributed by atoms with van der Waals surface area (Å²) in [6, 6.07) is 12.8. The Morgan fingerprint density at radius 1 is 1.09 bits per heavy atom. The van der Waals surface area contributed by atoms with Gasteiger partial charge in [-0.1, -0.05) is 42.5 Å². The lowest BCUT2D eigenvalue weighted by atomic mass is 10.0. The number of hydrogen-bond donors (Lipinski definition) is 1. The van der Waals surface area contributed by atoms with Gasteiger partial charge in [-0.15, -0.1) is 0 Å². The minimum atomic E-state index is -0.845. The van der Waals surface area contributed by atoms with E-state index in [1.54, 1.807) is 12.1 Å². The molecule has 4 heteroatoms. The molecule has 2 aromatic carbocycles. The lowest BCUT2D eigenvalue weighted by Crippen LogP contribution is -1.97. The maximum Gasteiger partial charge on any atom is 0.303 e. The number of hydrogen-bond acceptors (Lipinski definition) is 2. The molecule has 22 heavy (non-hydrogen) atoms. The Kier molecular flexibility index (Phi) is 5.20. The van der Waals surface area contributed by atoms with Gasteiger partial charge < -0.3 is 5.11 Å². The number of halogens is 1. The molecule has 0 atom stereocenters. The first-order chi connectivity index (χ1) is 10.5. The first-order valence-corrected chi connectivity index (χ1v) is 6.83. The van der Waals surface area contributed by atoms with E-state index in [4.69, 9.17) is 5.11 Å². The van der Waals surface area contributed by atoms with E-state index < -0.39 is 11.8 Å². The number of carboxylic acid groups (broad SMARTS) is 1. The molecule has 2 rings (SSSR count). The highest BCUT2D eigenvalue weighted by Crippen LogP contribution is 2.11. The number of allylic oxidation sites excluding steroid dienone is 1. The third kappa shape index (κ3) is 4.66. The number of benzene rings is 2. The summed E-state index contributed by atoms with van der Waals surface area (Å²) in [7, 11) is 0. The number of aliphatic carboxylic acids is 1. The maximum atomic E-state index is 13.1. The zero-order valence-electron chi connectivity index (χ0n) is 11.8. The van der Waals surface area contributed by atoms with Gasteiger partial charge in [0.05, 0.1) is 0 Å². The molecule has 0 aromatic heterocycles. The van der Waals surface area contributed by atoms with Crippen LogP contribution >= 0.6 is 0 Å². The van der Waals surface area contributed by atoms with E-state index in [0.717, 1.165) is 11.1 Å². The average molecular weight is 298 g/mol. The molecule has 0 heterocycles. The molecule has 112 valence electrons. The number of carboxylic acids is 1. The molecule has 0 fully saturated rings. The minimum Gasteiger partial charge on any atom is -0.481 e. The van der Waals surface area contributed by atoms with Crippen LogP contribution in [-0.2, 0) is 11.2 Å². The van der Waals surface area contributed by atoms with Gasteiger partial charge in [0.1, 0.15) is 5.82 Å². The van der Waals surface area contributed by atoms with E-state index in [9.17, 15) is 14.0 Å². The molecule has 0 aliphatic carbocycles. The highest BCUT2D eigenvalue weighted by molar-refractivity contribution is 6.06. The zero-order valence-corrected chi connectivity index (χ0v) is 11.8. The van der Waals surface area contributed by atoms with Crippen molar-refractivity contribution in [3.05, 3.63) is 77.1 Å². The molecule has 0 saturated heterocycles. The maximum absolute atomic E-state index is 13.1. The monoisotopic (exact) mass is 298 g/mol. The number of aryl methyl sites for hydroxylation is 1.